The molecule has 0 unspecified atom stereocenters. The summed E-state index contributed by atoms with van der Waals surface area (Å²) in [6, 6.07) is 7.30. The van der Waals surface area contributed by atoms with Crippen molar-refractivity contribution in [3.05, 3.63) is 29.8 Å². The quantitative estimate of drug-likeness (QED) is 0.786. The van der Waals surface area contributed by atoms with Crippen molar-refractivity contribution in [3.63, 3.8) is 0 Å². The number of hydrogen-bond acceptors (Lipinski definition) is 4. The molecule has 0 atom stereocenters. The van der Waals surface area contributed by atoms with Crippen LogP contribution in [0.5, 0.6) is 0 Å². The van der Waals surface area contributed by atoms with E-state index in [0.717, 1.165) is 11.3 Å². The molecule has 2 amide bonds. The predicted octanol–water partition coefficient (Wildman–Crippen LogP) is -0.357. The molecule has 6 nitrogen and oxygen atoms in total. The highest BCUT2D eigenvalue weighted by Crippen LogP contribution is 2.25. The van der Waals surface area contributed by atoms with Gasteiger partial charge in [-0.05, 0) is 11.6 Å². The second-order valence-corrected chi connectivity index (χ2v) is 4.58. The summed E-state index contributed by atoms with van der Waals surface area (Å²) in [5.74, 6) is -0.742. The van der Waals surface area contributed by atoms with E-state index in [9.17, 15) is 14.4 Å². The lowest BCUT2D eigenvalue weighted by Gasteiger charge is -2.28. The van der Waals surface area contributed by atoms with Crippen LogP contribution in [0.2, 0.25) is 0 Å². The highest BCUT2D eigenvalue weighted by molar-refractivity contribution is 6.03. The number of carbonyl (C=O) groups excluding carboxylic acids is 3. The third-order valence-corrected chi connectivity index (χ3v) is 3.11. The van der Waals surface area contributed by atoms with Gasteiger partial charge in [-0.15, -0.1) is 0 Å². The Labute approximate surface area is 116 Å². The maximum absolute atomic E-state index is 12.1. The van der Waals surface area contributed by atoms with Crippen molar-refractivity contribution in [2.45, 2.75) is 12.8 Å². The third-order valence-electron chi connectivity index (χ3n) is 3.11. The summed E-state index contributed by atoms with van der Waals surface area (Å²) in [5, 5.41) is 11.0. The van der Waals surface area contributed by atoms with Gasteiger partial charge in [0.1, 0.15) is 6.61 Å². The maximum atomic E-state index is 12.1. The van der Waals surface area contributed by atoms with Crippen LogP contribution in [0.4, 0.5) is 5.69 Å². The normalized spacial score (nSPS) is 13.8. The molecule has 2 rings (SSSR count). The first-order valence-electron chi connectivity index (χ1n) is 6.39. The highest BCUT2D eigenvalue weighted by atomic mass is 16.3. The summed E-state index contributed by atoms with van der Waals surface area (Å²) in [6.45, 7) is -0.381. The number of amides is 2. The second kappa shape index (κ2) is 6.29. The van der Waals surface area contributed by atoms with E-state index in [-0.39, 0.29) is 31.2 Å². The Hall–Kier alpha value is -2.21. The van der Waals surface area contributed by atoms with Gasteiger partial charge in [0.2, 0.25) is 11.8 Å². The number of nitrogens with one attached hydrogen (secondary N) is 1. The number of ketones is 1. The molecule has 0 radical (unpaired) electrons. The molecule has 20 heavy (non-hydrogen) atoms. The largest absolute Gasteiger partial charge is 0.387 e. The molecule has 1 heterocycles. The Bertz CT molecular complexity index is 542. The number of rotatable bonds is 4. The highest BCUT2D eigenvalue weighted by Gasteiger charge is 2.26. The van der Waals surface area contributed by atoms with Gasteiger partial charge in [0.25, 0.3) is 0 Å². The Balaban J connectivity index is 2.03. The Morgan fingerprint density at radius 2 is 2.05 bits per heavy atom. The molecule has 0 fully saturated rings. The number of hydrogen-bond donors (Lipinski definition) is 2. The second-order valence-electron chi connectivity index (χ2n) is 4.58. The summed E-state index contributed by atoms with van der Waals surface area (Å²) in [7, 11) is 0. The van der Waals surface area contributed by atoms with Crippen LogP contribution in [0.25, 0.3) is 0 Å². The minimum Gasteiger partial charge on any atom is -0.387 e. The number of anilines is 1. The number of carbonyl (C=O) groups is 3. The molecule has 6 heteroatoms. The molecule has 0 aliphatic carbocycles. The van der Waals surface area contributed by atoms with Crippen molar-refractivity contribution in [2.75, 3.05) is 24.6 Å². The van der Waals surface area contributed by atoms with E-state index in [1.807, 2.05) is 24.3 Å². The molecule has 0 saturated carbocycles. The third kappa shape index (κ3) is 3.21. The van der Waals surface area contributed by atoms with Crippen molar-refractivity contribution in [3.8, 4) is 0 Å². The summed E-state index contributed by atoms with van der Waals surface area (Å²) in [4.78, 5) is 36.1. The number of aliphatic hydroxyl groups is 1. The smallest absolute Gasteiger partial charge is 0.245 e. The van der Waals surface area contributed by atoms with E-state index in [2.05, 4.69) is 5.32 Å². The Kier molecular flexibility index (Phi) is 4.47. The van der Waals surface area contributed by atoms with E-state index in [0.29, 0.717) is 6.42 Å². The van der Waals surface area contributed by atoms with Gasteiger partial charge >= 0.3 is 0 Å². The van der Waals surface area contributed by atoms with Crippen LogP contribution >= 0.6 is 0 Å². The number of aliphatic hydroxyl groups excluding tert-OH is 1. The lowest BCUT2D eigenvalue weighted by molar-refractivity contribution is -0.125. The van der Waals surface area contributed by atoms with Gasteiger partial charge in [-0.25, -0.2) is 0 Å². The molecule has 2 N–H and O–H groups in total. The van der Waals surface area contributed by atoms with E-state index < -0.39 is 12.5 Å². The van der Waals surface area contributed by atoms with Crippen LogP contribution < -0.4 is 10.2 Å². The number of para-hydroxylation sites is 1. The molecule has 106 valence electrons. The average Bonchev–Trinajstić information content (AvgIpc) is 2.45. The average molecular weight is 276 g/mol. The van der Waals surface area contributed by atoms with Gasteiger partial charge in [0, 0.05) is 25.1 Å². The molecular weight excluding hydrogens is 260 g/mol. The van der Waals surface area contributed by atoms with Crippen LogP contribution in [0.15, 0.2) is 24.3 Å². The van der Waals surface area contributed by atoms with Gasteiger partial charge in [-0.2, -0.15) is 0 Å². The van der Waals surface area contributed by atoms with Crippen LogP contribution in [-0.2, 0) is 20.8 Å². The maximum Gasteiger partial charge on any atom is 0.245 e. The predicted molar refractivity (Wildman–Crippen MR) is 72.2 cm³/mol. The summed E-state index contributed by atoms with van der Waals surface area (Å²) >= 11 is 0. The number of nitrogens with zero attached hydrogens (tertiary/aromatic N) is 1. The topological polar surface area (TPSA) is 86.7 Å². The summed E-state index contributed by atoms with van der Waals surface area (Å²) < 4.78 is 0. The van der Waals surface area contributed by atoms with Crippen LogP contribution in [-0.4, -0.2) is 42.4 Å². The number of Topliss-reactive ketones (excluding diaryl/α,β-unsaturated/α-hetero) is 1. The molecule has 0 saturated heterocycles. The number of fused-ring (bicyclic) bond motifs is 1. The van der Waals surface area contributed by atoms with Crippen molar-refractivity contribution < 1.29 is 19.5 Å². The Morgan fingerprint density at radius 3 is 2.80 bits per heavy atom. The molecule has 1 aliphatic heterocycles. The van der Waals surface area contributed by atoms with E-state index >= 15 is 0 Å². The van der Waals surface area contributed by atoms with Crippen LogP contribution in [0, 0.1) is 0 Å². The lowest BCUT2D eigenvalue weighted by atomic mass is 10.0. The molecule has 1 aliphatic rings. The summed E-state index contributed by atoms with van der Waals surface area (Å²) in [5.41, 5.74) is 1.60. The zero-order chi connectivity index (χ0) is 14.5. The van der Waals surface area contributed by atoms with Crippen molar-refractivity contribution in [2.24, 2.45) is 0 Å². The van der Waals surface area contributed by atoms with Crippen molar-refractivity contribution in [1.82, 2.24) is 5.32 Å². The van der Waals surface area contributed by atoms with Crippen LogP contribution in [0.1, 0.15) is 12.0 Å². The van der Waals surface area contributed by atoms with Gasteiger partial charge in [-0.3, -0.25) is 14.4 Å². The fourth-order valence-electron chi connectivity index (χ4n) is 2.18. The van der Waals surface area contributed by atoms with E-state index in [1.165, 1.54) is 4.90 Å². The molecular formula is C14H16N2O4. The van der Waals surface area contributed by atoms with Gasteiger partial charge in [0.05, 0.1) is 6.54 Å². The summed E-state index contributed by atoms with van der Waals surface area (Å²) in [6.07, 6.45) is 0.439. The van der Waals surface area contributed by atoms with E-state index in [1.54, 1.807) is 0 Å². The first-order valence-corrected chi connectivity index (χ1v) is 6.39. The zero-order valence-corrected chi connectivity index (χ0v) is 11.0. The number of benzene rings is 1. The fraction of sp³-hybridized carbons (Fsp3) is 0.357. The standard InChI is InChI=1S/C14H16N2O4/c17-9-13(19)15-6-5-14(20)16-8-11(18)7-10-3-1-2-4-12(10)16/h1-4,17H,5-9H2,(H,15,19). The molecule has 1 aromatic rings. The van der Waals surface area contributed by atoms with Gasteiger partial charge in [0.15, 0.2) is 5.78 Å². The Morgan fingerprint density at radius 1 is 1.30 bits per heavy atom. The first-order chi connectivity index (χ1) is 9.61. The van der Waals surface area contributed by atoms with Gasteiger partial charge in [-0.1, -0.05) is 18.2 Å². The molecule has 0 bridgehead atoms. The van der Waals surface area contributed by atoms with Crippen molar-refractivity contribution >= 4 is 23.3 Å². The zero-order valence-electron chi connectivity index (χ0n) is 11.0. The minimum atomic E-state index is -0.598. The molecule has 0 aromatic heterocycles. The fourth-order valence-corrected chi connectivity index (χ4v) is 2.18. The monoisotopic (exact) mass is 276 g/mol. The SMILES string of the molecule is O=C1Cc2ccccc2N(C(=O)CCNC(=O)CO)C1. The van der Waals surface area contributed by atoms with Crippen molar-refractivity contribution in [1.29, 1.82) is 0 Å². The van der Waals surface area contributed by atoms with E-state index in [4.69, 9.17) is 5.11 Å². The molecule has 0 spiro atoms. The first kappa shape index (κ1) is 14.2. The minimum absolute atomic E-state index is 0.00329. The molecule has 1 aromatic carbocycles. The lowest BCUT2D eigenvalue weighted by Crippen LogP contribution is -2.41. The van der Waals surface area contributed by atoms with Gasteiger partial charge < -0.3 is 15.3 Å². The van der Waals surface area contributed by atoms with Crippen LogP contribution in [0.3, 0.4) is 0 Å².